The number of hydrogen-bond acceptors (Lipinski definition) is 2. The average molecular weight is 233 g/mol. The van der Waals surface area contributed by atoms with Gasteiger partial charge in [-0.25, -0.2) is 0 Å². The quantitative estimate of drug-likeness (QED) is 0.807. The summed E-state index contributed by atoms with van der Waals surface area (Å²) in [5, 5.41) is 9.71. The van der Waals surface area contributed by atoms with E-state index in [2.05, 4.69) is 0 Å². The van der Waals surface area contributed by atoms with Crippen molar-refractivity contribution in [2.75, 3.05) is 0 Å². The topological polar surface area (TPSA) is 37.3 Å². The summed E-state index contributed by atoms with van der Waals surface area (Å²) in [5.74, 6) is -0.126. The molecule has 0 saturated heterocycles. The van der Waals surface area contributed by atoms with E-state index in [9.17, 15) is 9.90 Å². The van der Waals surface area contributed by atoms with Crippen LogP contribution in [0.25, 0.3) is 0 Å². The van der Waals surface area contributed by atoms with Gasteiger partial charge in [-0.05, 0) is 24.3 Å². The van der Waals surface area contributed by atoms with Crippen molar-refractivity contribution >= 4 is 17.4 Å². The molecule has 2 rings (SSSR count). The van der Waals surface area contributed by atoms with Crippen molar-refractivity contribution in [1.29, 1.82) is 0 Å². The van der Waals surface area contributed by atoms with Gasteiger partial charge in [0.15, 0.2) is 5.78 Å². The molecule has 0 atom stereocenters. The number of halogens is 1. The number of hydrogen-bond donors (Lipinski definition) is 1. The largest absolute Gasteiger partial charge is 0.508 e. The summed E-state index contributed by atoms with van der Waals surface area (Å²) in [6.45, 7) is 0. The van der Waals surface area contributed by atoms with E-state index in [4.69, 9.17) is 11.6 Å². The van der Waals surface area contributed by atoms with Gasteiger partial charge in [-0.1, -0.05) is 35.9 Å². The molecule has 80 valence electrons. The number of phenolic OH excluding ortho intramolecular Hbond substituents is 1. The Morgan fingerprint density at radius 1 is 1.06 bits per heavy atom. The van der Waals surface area contributed by atoms with Gasteiger partial charge in [0, 0.05) is 11.1 Å². The molecule has 2 nitrogen and oxygen atoms in total. The van der Waals surface area contributed by atoms with Gasteiger partial charge in [0.05, 0.1) is 5.02 Å². The number of aromatic hydroxyl groups is 1. The third kappa shape index (κ3) is 2.07. The van der Waals surface area contributed by atoms with Crippen LogP contribution in [0.2, 0.25) is 5.02 Å². The van der Waals surface area contributed by atoms with E-state index >= 15 is 0 Å². The van der Waals surface area contributed by atoms with Crippen LogP contribution in [0, 0.1) is 0 Å². The van der Waals surface area contributed by atoms with Gasteiger partial charge in [0.2, 0.25) is 0 Å². The third-order valence-corrected chi connectivity index (χ3v) is 2.56. The maximum Gasteiger partial charge on any atom is 0.194 e. The van der Waals surface area contributed by atoms with E-state index in [1.165, 1.54) is 12.1 Å². The van der Waals surface area contributed by atoms with E-state index in [1.54, 1.807) is 36.4 Å². The van der Waals surface area contributed by atoms with Crippen LogP contribution in [0.5, 0.6) is 5.75 Å². The summed E-state index contributed by atoms with van der Waals surface area (Å²) in [4.78, 5) is 12.0. The summed E-state index contributed by atoms with van der Waals surface area (Å²) >= 11 is 5.93. The number of phenols is 1. The number of rotatable bonds is 2. The molecule has 0 fully saturated rings. The summed E-state index contributed by atoms with van der Waals surface area (Å²) in [7, 11) is 0. The van der Waals surface area contributed by atoms with Crippen LogP contribution in [0.15, 0.2) is 48.5 Å². The van der Waals surface area contributed by atoms with Crippen molar-refractivity contribution in [3.05, 3.63) is 64.7 Å². The molecule has 1 N–H and O–H groups in total. The van der Waals surface area contributed by atoms with Crippen LogP contribution in [0.1, 0.15) is 15.9 Å². The Balaban J connectivity index is 2.44. The Morgan fingerprint density at radius 3 is 2.50 bits per heavy atom. The maximum atomic E-state index is 12.0. The van der Waals surface area contributed by atoms with Gasteiger partial charge in [-0.3, -0.25) is 4.79 Å². The van der Waals surface area contributed by atoms with E-state index in [1.807, 2.05) is 0 Å². The fraction of sp³-hybridized carbons (Fsp3) is 0. The van der Waals surface area contributed by atoms with E-state index in [-0.39, 0.29) is 11.5 Å². The smallest absolute Gasteiger partial charge is 0.194 e. The summed E-state index contributed by atoms with van der Waals surface area (Å²) in [6.07, 6.45) is 0. The van der Waals surface area contributed by atoms with Crippen molar-refractivity contribution in [2.45, 2.75) is 0 Å². The van der Waals surface area contributed by atoms with Crippen LogP contribution in [0.4, 0.5) is 0 Å². The monoisotopic (exact) mass is 232 g/mol. The molecule has 2 aromatic carbocycles. The molecule has 0 aliphatic rings. The molecule has 0 radical (unpaired) electrons. The summed E-state index contributed by atoms with van der Waals surface area (Å²) in [6, 6.07) is 13.1. The molecule has 0 unspecified atom stereocenters. The lowest BCUT2D eigenvalue weighted by Crippen LogP contribution is -2.01. The number of benzene rings is 2. The lowest BCUT2D eigenvalue weighted by molar-refractivity contribution is 0.103. The highest BCUT2D eigenvalue weighted by molar-refractivity contribution is 6.34. The van der Waals surface area contributed by atoms with Gasteiger partial charge >= 0.3 is 0 Å². The fourth-order valence-electron chi connectivity index (χ4n) is 1.45. The second kappa shape index (κ2) is 4.37. The molecule has 0 aromatic heterocycles. The molecule has 0 amide bonds. The van der Waals surface area contributed by atoms with Crippen molar-refractivity contribution in [3.63, 3.8) is 0 Å². The Bertz CT molecular complexity index is 535. The minimum Gasteiger partial charge on any atom is -0.508 e. The summed E-state index contributed by atoms with van der Waals surface area (Å²) in [5.41, 5.74) is 0.864. The third-order valence-electron chi connectivity index (χ3n) is 2.23. The first-order valence-corrected chi connectivity index (χ1v) is 5.14. The van der Waals surface area contributed by atoms with Crippen LogP contribution < -0.4 is 0 Å². The second-order valence-corrected chi connectivity index (χ2v) is 3.77. The molecule has 0 aliphatic heterocycles. The Morgan fingerprint density at radius 2 is 1.81 bits per heavy atom. The van der Waals surface area contributed by atoms with Crippen molar-refractivity contribution in [1.82, 2.24) is 0 Å². The number of ketones is 1. The molecule has 0 spiro atoms. The highest BCUT2D eigenvalue weighted by atomic mass is 35.5. The van der Waals surface area contributed by atoms with Gasteiger partial charge in [-0.15, -0.1) is 0 Å². The SMILES string of the molecule is O=C(c1cccc(O)c1)c1ccccc1Cl. The highest BCUT2D eigenvalue weighted by Crippen LogP contribution is 2.20. The normalized spacial score (nSPS) is 10.1. The van der Waals surface area contributed by atoms with Gasteiger partial charge in [-0.2, -0.15) is 0 Å². The predicted octanol–water partition coefficient (Wildman–Crippen LogP) is 3.28. The molecular formula is C13H9ClO2. The van der Waals surface area contributed by atoms with E-state index in [0.29, 0.717) is 16.1 Å². The van der Waals surface area contributed by atoms with Gasteiger partial charge in [0.1, 0.15) is 5.75 Å². The molecule has 16 heavy (non-hydrogen) atoms. The molecule has 3 heteroatoms. The lowest BCUT2D eigenvalue weighted by atomic mass is 10.0. The van der Waals surface area contributed by atoms with E-state index < -0.39 is 0 Å². The van der Waals surface area contributed by atoms with Crippen molar-refractivity contribution < 1.29 is 9.90 Å². The zero-order chi connectivity index (χ0) is 11.5. The summed E-state index contributed by atoms with van der Waals surface area (Å²) < 4.78 is 0. The molecule has 2 aromatic rings. The zero-order valence-electron chi connectivity index (χ0n) is 8.35. The first kappa shape index (κ1) is 10.7. The lowest BCUT2D eigenvalue weighted by Gasteiger charge is -2.03. The zero-order valence-corrected chi connectivity index (χ0v) is 9.11. The number of carbonyl (C=O) groups is 1. The Kier molecular flexibility index (Phi) is 2.93. The van der Waals surface area contributed by atoms with Crippen LogP contribution in [0.3, 0.4) is 0 Å². The first-order valence-electron chi connectivity index (χ1n) is 4.77. The highest BCUT2D eigenvalue weighted by Gasteiger charge is 2.12. The van der Waals surface area contributed by atoms with Crippen LogP contribution in [-0.4, -0.2) is 10.9 Å². The number of carbonyl (C=O) groups excluding carboxylic acids is 1. The molecule has 0 heterocycles. The van der Waals surface area contributed by atoms with Gasteiger partial charge in [0.25, 0.3) is 0 Å². The van der Waals surface area contributed by atoms with E-state index in [0.717, 1.165) is 0 Å². The standard InChI is InChI=1S/C13H9ClO2/c14-12-7-2-1-6-11(12)13(16)9-4-3-5-10(15)8-9/h1-8,15H. The van der Waals surface area contributed by atoms with Crippen LogP contribution in [-0.2, 0) is 0 Å². The Hall–Kier alpha value is -1.80. The Labute approximate surface area is 98.1 Å². The first-order chi connectivity index (χ1) is 7.68. The van der Waals surface area contributed by atoms with Crippen LogP contribution >= 0.6 is 11.6 Å². The molecule has 0 saturated carbocycles. The fourth-order valence-corrected chi connectivity index (χ4v) is 1.67. The van der Waals surface area contributed by atoms with Gasteiger partial charge < -0.3 is 5.11 Å². The predicted molar refractivity (Wildman–Crippen MR) is 63.0 cm³/mol. The second-order valence-electron chi connectivity index (χ2n) is 3.36. The maximum absolute atomic E-state index is 12.0. The van der Waals surface area contributed by atoms with Crippen molar-refractivity contribution in [2.24, 2.45) is 0 Å². The minimum atomic E-state index is -0.193. The minimum absolute atomic E-state index is 0.0675. The average Bonchev–Trinajstić information content (AvgIpc) is 2.29. The molecular weight excluding hydrogens is 224 g/mol. The van der Waals surface area contributed by atoms with Crippen molar-refractivity contribution in [3.8, 4) is 5.75 Å². The molecule has 0 bridgehead atoms. The molecule has 0 aliphatic carbocycles.